The van der Waals surface area contributed by atoms with Crippen molar-refractivity contribution < 1.29 is 102 Å². The molecule has 0 radical (unpaired) electrons. The highest BCUT2D eigenvalue weighted by atomic mass is 16.3. The van der Waals surface area contributed by atoms with E-state index >= 15 is 0 Å². The van der Waals surface area contributed by atoms with Gasteiger partial charge in [-0.2, -0.15) is 0 Å². The van der Waals surface area contributed by atoms with E-state index in [0.717, 1.165) is 24.3 Å². The van der Waals surface area contributed by atoms with Crippen LogP contribution < -0.4 is 0 Å². The topological polar surface area (TPSA) is 405 Å². The molecule has 538 valence electrons. The summed E-state index contributed by atoms with van der Waals surface area (Å²) in [5.41, 5.74) is 4.87. The van der Waals surface area contributed by atoms with E-state index < -0.39 is 76.6 Å². The molecule has 4 aliphatic carbocycles. The molecule has 10 unspecified atom stereocenters. The Hall–Kier alpha value is -11.9. The van der Waals surface area contributed by atoms with Crippen molar-refractivity contribution in [2.45, 2.75) is 120 Å². The number of hydrogen-bond donors (Lipinski definition) is 20. The SMILES string of the molecule is CC1c2cc(c(O)cc2O)Cc2cc(c(O)cc2O)CCC(C2/C=C\C(O)=C/C(O)C(C3CCc4cc(c(O)cc4O)Cc4cc(c(O)cc4O)C(C)c4cc3c(O)cc4O)/C=C\C(C3CCc4cc(c(O)cc4O)Cc4cc(c(O)cc4O)C(C)c4cc3c(O)cc4O)/C=C\2)c2cc1c(O)cc2O. The summed E-state index contributed by atoms with van der Waals surface area (Å²) < 4.78 is 0. The maximum Gasteiger partial charge on any atom is 0.123 e. The highest BCUT2D eigenvalue weighted by molar-refractivity contribution is 5.62. The summed E-state index contributed by atoms with van der Waals surface area (Å²) in [7, 11) is 0. The van der Waals surface area contributed by atoms with E-state index in [2.05, 4.69) is 0 Å². The first-order chi connectivity index (χ1) is 49.5. The predicted octanol–water partition coefficient (Wildman–Crippen LogP) is 14.4. The first-order valence-electron chi connectivity index (χ1n) is 34.5. The Kier molecular flexibility index (Phi) is 18.9. The number of aliphatic hydroxyl groups excluding tert-OH is 2. The molecular formula is C84H82O20. The molecule has 0 aromatic heterocycles. The largest absolute Gasteiger partial charge is 0.508 e. The lowest BCUT2D eigenvalue weighted by Crippen LogP contribution is -2.26. The Labute approximate surface area is 598 Å². The number of aromatic hydroxyl groups is 18. The molecule has 13 rings (SSSR count). The minimum absolute atomic E-state index is 0.00697. The standard InChI is InChI=1S/C84H82O20/c1-38-57-22-49(72(92)32-76(57)96)19-46-16-43(66(86)29-69(46)89)8-12-53(63-26-60(38)79(99)35-82(63)102)41-4-5-42(54-13-9-44-17-47(70(90)30-67(44)87)20-50-23-58(77(97)33-73(50)93)39(2)61-27-64(54)83(103)36-80(61)100)7-15-56(75(95)25-52(85)11-6-41)55-14-10-45-18-48(71(91)31-68(45)88)21-51-24-59(78(98)34-74(51)94)40(3)62-28-65(55)84(104)37-81(62)101/h4-7,11,15-18,22-42,53-56,75,85-104H,8-10,12-14,19-21H2,1-3H3/b5-4-,11-6-,15-7-,52-25+. The zero-order valence-electron chi connectivity index (χ0n) is 57.0. The molecule has 4 aliphatic rings. The molecule has 0 heterocycles. The lowest BCUT2D eigenvalue weighted by Gasteiger charge is -2.32. The van der Waals surface area contributed by atoms with Gasteiger partial charge in [-0.1, -0.05) is 51.2 Å². The lowest BCUT2D eigenvalue weighted by atomic mass is 9.74. The molecule has 0 saturated carbocycles. The molecule has 10 atom stereocenters. The number of allylic oxidation sites excluding steroid dienone is 5. The molecule has 20 N–H and O–H groups in total. The summed E-state index contributed by atoms with van der Waals surface area (Å²) in [5, 5.41) is 235. The van der Waals surface area contributed by atoms with Crippen LogP contribution in [0, 0.1) is 17.8 Å². The molecule has 9 aromatic carbocycles. The fourth-order valence-corrected chi connectivity index (χ4v) is 16.1. The summed E-state index contributed by atoms with van der Waals surface area (Å²) in [5.74, 6) is -14.9. The minimum Gasteiger partial charge on any atom is -0.508 e. The summed E-state index contributed by atoms with van der Waals surface area (Å²) >= 11 is 0. The zero-order chi connectivity index (χ0) is 74.2. The maximum absolute atomic E-state index is 13.2. The zero-order valence-corrected chi connectivity index (χ0v) is 57.0. The Bertz CT molecular complexity index is 5040. The van der Waals surface area contributed by atoms with Crippen LogP contribution in [0.3, 0.4) is 0 Å². The van der Waals surface area contributed by atoms with Gasteiger partial charge in [0.25, 0.3) is 0 Å². The number of aryl methyl sites for hydroxylation is 3. The molecule has 20 nitrogen and oxygen atoms in total. The van der Waals surface area contributed by atoms with E-state index in [-0.39, 0.29) is 205 Å². The van der Waals surface area contributed by atoms with E-state index in [0.29, 0.717) is 44.5 Å². The van der Waals surface area contributed by atoms with Gasteiger partial charge in [0.2, 0.25) is 0 Å². The molecule has 104 heavy (non-hydrogen) atoms. The Morgan fingerprint density at radius 1 is 0.240 bits per heavy atom. The molecule has 0 aliphatic heterocycles. The van der Waals surface area contributed by atoms with Crippen molar-refractivity contribution >= 4 is 0 Å². The number of rotatable bonds is 3. The van der Waals surface area contributed by atoms with Crippen molar-refractivity contribution in [2.24, 2.45) is 17.8 Å². The van der Waals surface area contributed by atoms with Gasteiger partial charge in [-0.15, -0.1) is 0 Å². The van der Waals surface area contributed by atoms with Crippen molar-refractivity contribution in [3.05, 3.63) is 258 Å². The smallest absolute Gasteiger partial charge is 0.123 e. The number of benzene rings is 9. The summed E-state index contributed by atoms with van der Waals surface area (Å²) in [6, 6.07) is 24.6. The summed E-state index contributed by atoms with van der Waals surface area (Å²) in [6.45, 7) is 5.13. The van der Waals surface area contributed by atoms with Gasteiger partial charge < -0.3 is 102 Å². The quantitative estimate of drug-likeness (QED) is 0.0731. The van der Waals surface area contributed by atoms with Crippen molar-refractivity contribution in [2.75, 3.05) is 0 Å². The summed E-state index contributed by atoms with van der Waals surface area (Å²) in [4.78, 5) is 0. The minimum atomic E-state index is -1.71. The second-order valence-corrected chi connectivity index (χ2v) is 28.4. The number of hydrogen-bond acceptors (Lipinski definition) is 20. The molecular weight excluding hydrogens is 1330 g/mol. The third-order valence-electron chi connectivity index (χ3n) is 22.1. The van der Waals surface area contributed by atoms with Crippen LogP contribution in [0.1, 0.15) is 176 Å². The first-order valence-corrected chi connectivity index (χ1v) is 34.5. The molecule has 18 bridgehead atoms. The van der Waals surface area contributed by atoms with Crippen LogP contribution in [0.4, 0.5) is 0 Å². The average Bonchev–Trinajstić information content (AvgIpc) is 0.783. The fraction of sp³-hybridized carbons (Fsp3) is 0.262. The Morgan fingerprint density at radius 3 is 0.817 bits per heavy atom. The van der Waals surface area contributed by atoms with Crippen LogP contribution in [0.5, 0.6) is 103 Å². The van der Waals surface area contributed by atoms with Gasteiger partial charge in [-0.05, 0) is 190 Å². The van der Waals surface area contributed by atoms with Gasteiger partial charge >= 0.3 is 0 Å². The van der Waals surface area contributed by atoms with Gasteiger partial charge in [0.1, 0.15) is 109 Å². The number of aliphatic hydroxyl groups is 2. The van der Waals surface area contributed by atoms with Gasteiger partial charge in [0.15, 0.2) is 0 Å². The van der Waals surface area contributed by atoms with Gasteiger partial charge in [-0.25, -0.2) is 0 Å². The van der Waals surface area contributed by atoms with Crippen LogP contribution >= 0.6 is 0 Å². The molecule has 0 amide bonds. The molecule has 0 fully saturated rings. The average molecular weight is 1410 g/mol. The van der Waals surface area contributed by atoms with Crippen molar-refractivity contribution in [3.8, 4) is 103 Å². The molecule has 0 spiro atoms. The van der Waals surface area contributed by atoms with Crippen LogP contribution in [0.2, 0.25) is 0 Å². The van der Waals surface area contributed by atoms with Crippen molar-refractivity contribution in [1.82, 2.24) is 0 Å². The Balaban J connectivity index is 1.05. The number of fused-ring (bicyclic) bond motifs is 18. The fourth-order valence-electron chi connectivity index (χ4n) is 16.1. The number of phenols is 18. The summed E-state index contributed by atoms with van der Waals surface area (Å²) in [6.07, 6.45) is 9.50. The third kappa shape index (κ3) is 13.5. The van der Waals surface area contributed by atoms with Crippen LogP contribution in [0.25, 0.3) is 0 Å². The van der Waals surface area contributed by atoms with Gasteiger partial charge in [-0.3, -0.25) is 0 Å². The maximum atomic E-state index is 13.2. The van der Waals surface area contributed by atoms with Gasteiger partial charge in [0, 0.05) is 143 Å². The van der Waals surface area contributed by atoms with Crippen LogP contribution in [-0.2, 0) is 38.5 Å². The van der Waals surface area contributed by atoms with Crippen molar-refractivity contribution in [1.29, 1.82) is 0 Å². The van der Waals surface area contributed by atoms with E-state index in [1.54, 1.807) is 87.5 Å². The van der Waals surface area contributed by atoms with Crippen LogP contribution in [0.15, 0.2) is 157 Å². The predicted molar refractivity (Wildman–Crippen MR) is 387 cm³/mol. The Morgan fingerprint density at radius 2 is 0.481 bits per heavy atom. The second-order valence-electron chi connectivity index (χ2n) is 28.4. The van der Waals surface area contributed by atoms with Crippen molar-refractivity contribution in [3.63, 3.8) is 0 Å². The number of phenolic OH excluding ortho intramolecular Hbond substituents is 18. The first kappa shape index (κ1) is 70.5. The molecule has 9 aromatic rings. The molecule has 20 heteroatoms. The highest BCUT2D eigenvalue weighted by Gasteiger charge is 2.36. The lowest BCUT2D eigenvalue weighted by molar-refractivity contribution is 0.153. The van der Waals surface area contributed by atoms with E-state index in [9.17, 15) is 102 Å². The third-order valence-corrected chi connectivity index (χ3v) is 22.1. The normalized spacial score (nSPS) is 23.4. The van der Waals surface area contributed by atoms with E-state index in [1.165, 1.54) is 48.6 Å². The molecule has 0 saturated heterocycles. The highest BCUT2D eigenvalue weighted by Crippen LogP contribution is 2.52. The van der Waals surface area contributed by atoms with Gasteiger partial charge in [0.05, 0.1) is 6.10 Å². The second kappa shape index (κ2) is 27.8. The van der Waals surface area contributed by atoms with Crippen LogP contribution in [-0.4, -0.2) is 108 Å². The van der Waals surface area contributed by atoms with E-state index in [1.807, 2.05) is 12.2 Å². The van der Waals surface area contributed by atoms with E-state index in [4.69, 9.17) is 0 Å². The monoisotopic (exact) mass is 1410 g/mol.